The molecule has 2 N–H and O–H groups in total. The summed E-state index contributed by atoms with van der Waals surface area (Å²) in [4.78, 5) is 15.2. The van der Waals surface area contributed by atoms with Gasteiger partial charge in [-0.3, -0.25) is 4.98 Å². The number of halogens is 2. The van der Waals surface area contributed by atoms with E-state index in [1.165, 1.54) is 31.6 Å². The fourth-order valence-electron chi connectivity index (χ4n) is 5.49. The summed E-state index contributed by atoms with van der Waals surface area (Å²) in [6.07, 6.45) is 8.38. The fraction of sp³-hybridized carbons (Fsp3) is 0.423. The molecule has 2 unspecified atom stereocenters. The molecule has 4 atom stereocenters. The third-order valence-corrected chi connectivity index (χ3v) is 7.37. The van der Waals surface area contributed by atoms with Crippen LogP contribution in [0.4, 0.5) is 14.6 Å². The van der Waals surface area contributed by atoms with E-state index in [1.54, 1.807) is 18.3 Å². The first-order valence-electron chi connectivity index (χ1n) is 12.1. The second-order valence-electron chi connectivity index (χ2n) is 9.63. The van der Waals surface area contributed by atoms with Crippen LogP contribution in [0.3, 0.4) is 0 Å². The topological polar surface area (TPSA) is 83.4 Å². The molecule has 2 aromatic heterocycles. The zero-order valence-electron chi connectivity index (χ0n) is 19.4. The number of nitrogens with zero attached hydrogens (tertiary/aromatic N) is 4. The lowest BCUT2D eigenvalue weighted by molar-refractivity contribution is 0.171. The van der Waals surface area contributed by atoms with Crippen LogP contribution in [0.2, 0.25) is 0 Å². The zero-order chi connectivity index (χ0) is 24.1. The summed E-state index contributed by atoms with van der Waals surface area (Å²) < 4.78 is 35.5. The van der Waals surface area contributed by atoms with E-state index >= 15 is 8.78 Å². The van der Waals surface area contributed by atoms with Crippen molar-refractivity contribution in [2.24, 2.45) is 0 Å². The number of rotatable bonds is 6. The van der Waals surface area contributed by atoms with E-state index in [4.69, 9.17) is 4.74 Å². The maximum absolute atomic E-state index is 15.3. The van der Waals surface area contributed by atoms with E-state index in [9.17, 15) is 5.11 Å². The first kappa shape index (κ1) is 22.2. The van der Waals surface area contributed by atoms with Crippen molar-refractivity contribution < 1.29 is 18.6 Å². The number of phenolic OH excluding ortho intramolecular Hbond substituents is 1. The lowest BCUT2D eigenvalue weighted by Gasteiger charge is -2.41. The third-order valence-electron chi connectivity index (χ3n) is 7.37. The highest BCUT2D eigenvalue weighted by Crippen LogP contribution is 2.40. The van der Waals surface area contributed by atoms with Gasteiger partial charge >= 0.3 is 0 Å². The van der Waals surface area contributed by atoms with Gasteiger partial charge in [0.25, 0.3) is 0 Å². The lowest BCUT2D eigenvalue weighted by Crippen LogP contribution is -2.57. The summed E-state index contributed by atoms with van der Waals surface area (Å²) in [6, 6.07) is 6.18. The number of pyridine rings is 1. The highest BCUT2D eigenvalue weighted by Gasteiger charge is 2.48. The number of piperidine rings is 1. The first-order chi connectivity index (χ1) is 17.0. The van der Waals surface area contributed by atoms with E-state index in [0.717, 1.165) is 32.1 Å². The van der Waals surface area contributed by atoms with Crippen molar-refractivity contribution in [2.45, 2.75) is 62.4 Å². The number of ether oxygens (including phenoxy) is 1. The van der Waals surface area contributed by atoms with Crippen LogP contribution in [0.5, 0.6) is 11.6 Å². The van der Waals surface area contributed by atoms with Crippen molar-refractivity contribution in [1.82, 2.24) is 20.3 Å². The predicted molar refractivity (Wildman–Crippen MR) is 128 cm³/mol. The molecule has 2 bridgehead atoms. The first-order valence-corrected chi connectivity index (χ1v) is 12.1. The Morgan fingerprint density at radius 2 is 1.91 bits per heavy atom. The minimum Gasteiger partial charge on any atom is -0.507 e. The van der Waals surface area contributed by atoms with E-state index < -0.39 is 12.0 Å². The number of aromatic nitrogens is 3. The molecule has 9 heteroatoms. The van der Waals surface area contributed by atoms with Crippen molar-refractivity contribution in [3.05, 3.63) is 48.7 Å². The number of hydrogen-bond donors (Lipinski definition) is 2. The second kappa shape index (κ2) is 8.71. The van der Waals surface area contributed by atoms with Crippen molar-refractivity contribution >= 4 is 5.82 Å². The highest BCUT2D eigenvalue weighted by atomic mass is 19.1. The molecule has 0 spiro atoms. The molecule has 1 aliphatic carbocycles. The van der Waals surface area contributed by atoms with Gasteiger partial charge in [-0.25, -0.2) is 18.7 Å². The molecule has 3 aliphatic rings. The molecule has 6 rings (SSSR count). The molecule has 3 aromatic rings. The second-order valence-corrected chi connectivity index (χ2v) is 9.63. The molecule has 7 nitrogen and oxygen atoms in total. The number of anilines is 1. The largest absolute Gasteiger partial charge is 0.507 e. The summed E-state index contributed by atoms with van der Waals surface area (Å²) >= 11 is 0. The number of phenols is 1. The minimum absolute atomic E-state index is 0.0916. The van der Waals surface area contributed by atoms with Gasteiger partial charge in [0, 0.05) is 41.5 Å². The molecule has 2 saturated heterocycles. The van der Waals surface area contributed by atoms with Crippen molar-refractivity contribution in [3.63, 3.8) is 0 Å². The van der Waals surface area contributed by atoms with E-state index in [1.807, 2.05) is 0 Å². The zero-order valence-corrected chi connectivity index (χ0v) is 19.4. The van der Waals surface area contributed by atoms with E-state index in [-0.39, 0.29) is 35.0 Å². The molecule has 182 valence electrons. The molecular weight excluding hydrogens is 452 g/mol. The third kappa shape index (κ3) is 4.07. The van der Waals surface area contributed by atoms with Crippen LogP contribution in [0, 0.1) is 5.82 Å². The number of aromatic hydroxyl groups is 1. The van der Waals surface area contributed by atoms with Crippen molar-refractivity contribution in [2.75, 3.05) is 12.0 Å². The van der Waals surface area contributed by atoms with Crippen LogP contribution in [0.15, 0.2) is 42.9 Å². The Labute approximate surface area is 202 Å². The summed E-state index contributed by atoms with van der Waals surface area (Å²) in [5, 5.41) is 14.1. The Hall–Kier alpha value is -3.33. The van der Waals surface area contributed by atoms with Gasteiger partial charge in [-0.15, -0.1) is 0 Å². The SMILES string of the molecule is COc1cc(-c2cc(O)c(-c3cnc(N(C4CC4)[C@H]4CC5CCC(N5)[C@H]4F)cn3)cc2F)ccn1. The number of alkyl halides is 1. The number of methoxy groups -OCH3 is 1. The molecule has 1 aromatic carbocycles. The maximum Gasteiger partial charge on any atom is 0.213 e. The van der Waals surface area contributed by atoms with Crippen LogP contribution in [0.25, 0.3) is 22.4 Å². The quantitative estimate of drug-likeness (QED) is 0.547. The van der Waals surface area contributed by atoms with Gasteiger partial charge in [-0.2, -0.15) is 0 Å². The van der Waals surface area contributed by atoms with Crippen molar-refractivity contribution in [1.29, 1.82) is 0 Å². The Bertz CT molecular complexity index is 1240. The molecule has 0 amide bonds. The smallest absolute Gasteiger partial charge is 0.213 e. The lowest BCUT2D eigenvalue weighted by atomic mass is 9.96. The number of nitrogens with one attached hydrogen (secondary N) is 1. The molecular formula is C26H27F2N5O2. The minimum atomic E-state index is -0.951. The molecule has 2 aliphatic heterocycles. The highest BCUT2D eigenvalue weighted by molar-refractivity contribution is 5.75. The number of benzene rings is 1. The van der Waals surface area contributed by atoms with Crippen LogP contribution >= 0.6 is 0 Å². The average molecular weight is 480 g/mol. The summed E-state index contributed by atoms with van der Waals surface area (Å²) in [5.41, 5.74) is 1.36. The summed E-state index contributed by atoms with van der Waals surface area (Å²) in [5.74, 6) is 0.356. The Balaban J connectivity index is 1.28. The number of hydrogen-bond acceptors (Lipinski definition) is 7. The molecule has 4 heterocycles. The van der Waals surface area contributed by atoms with Crippen LogP contribution in [-0.4, -0.2) is 57.5 Å². The van der Waals surface area contributed by atoms with Gasteiger partial charge in [0.1, 0.15) is 23.6 Å². The monoisotopic (exact) mass is 479 g/mol. The van der Waals surface area contributed by atoms with Gasteiger partial charge in [0.05, 0.1) is 31.2 Å². The Kier molecular flexibility index (Phi) is 5.51. The maximum atomic E-state index is 15.3. The standard InChI is InChI=1S/C26H27F2N5O2/c1-35-25-8-14(6-7-29-25)17-11-23(34)18(10-19(17)27)21-12-31-24(13-30-21)33(16-3-4-16)22-9-15-2-5-20(32-15)26(22)28/h6-8,10-13,15-16,20,22,26,32,34H,2-5,9H2,1H3/t15?,20?,22-,26+/m0/s1. The Morgan fingerprint density at radius 1 is 1.06 bits per heavy atom. The summed E-state index contributed by atoms with van der Waals surface area (Å²) in [7, 11) is 1.49. The van der Waals surface area contributed by atoms with Gasteiger partial charge in [-0.1, -0.05) is 0 Å². The average Bonchev–Trinajstić information content (AvgIpc) is 3.63. The van der Waals surface area contributed by atoms with Gasteiger partial charge in [0.2, 0.25) is 5.88 Å². The van der Waals surface area contributed by atoms with Gasteiger partial charge < -0.3 is 20.1 Å². The fourth-order valence-corrected chi connectivity index (χ4v) is 5.49. The molecule has 3 fully saturated rings. The molecule has 35 heavy (non-hydrogen) atoms. The van der Waals surface area contributed by atoms with E-state index in [0.29, 0.717) is 29.0 Å². The van der Waals surface area contributed by atoms with Crippen LogP contribution in [-0.2, 0) is 0 Å². The Morgan fingerprint density at radius 3 is 2.66 bits per heavy atom. The predicted octanol–water partition coefficient (Wildman–Crippen LogP) is 4.26. The van der Waals surface area contributed by atoms with E-state index in [2.05, 4.69) is 25.2 Å². The van der Waals surface area contributed by atoms with Crippen molar-refractivity contribution in [3.8, 4) is 34.0 Å². The summed E-state index contributed by atoms with van der Waals surface area (Å²) in [6.45, 7) is 0. The molecule has 0 radical (unpaired) electrons. The number of fused-ring (bicyclic) bond motifs is 2. The van der Waals surface area contributed by atoms with Crippen LogP contribution in [0.1, 0.15) is 32.1 Å². The molecule has 1 saturated carbocycles. The van der Waals surface area contributed by atoms with Gasteiger partial charge in [0.15, 0.2) is 0 Å². The van der Waals surface area contributed by atoms with Crippen LogP contribution < -0.4 is 15.0 Å². The van der Waals surface area contributed by atoms with Gasteiger partial charge in [-0.05, 0) is 55.9 Å². The normalized spacial score (nSPS) is 25.5.